The predicted octanol–water partition coefficient (Wildman–Crippen LogP) is 1.09. The minimum Gasteiger partial charge on any atom is -0.222 e. The number of hydrogen-bond donors (Lipinski definition) is 1. The van der Waals surface area contributed by atoms with Crippen molar-refractivity contribution in [2.45, 2.75) is 0 Å². The molecule has 0 aromatic carbocycles. The van der Waals surface area contributed by atoms with Crippen molar-refractivity contribution in [3.8, 4) is 0 Å². The van der Waals surface area contributed by atoms with E-state index in [1.165, 1.54) is 11.3 Å². The highest BCUT2D eigenvalue weighted by molar-refractivity contribution is 7.13. The number of isocyanates is 1. The summed E-state index contributed by atoms with van der Waals surface area (Å²) in [5, 5.41) is 12.3. The number of rotatable bonds is 0. The molecule has 48 valence electrons. The number of nitrogens with one attached hydrogen (secondary N) is 1. The van der Waals surface area contributed by atoms with Gasteiger partial charge in [-0.15, -0.1) is 10.2 Å². The minimum absolute atomic E-state index is 0.495. The van der Waals surface area contributed by atoms with Crippen molar-refractivity contribution in [1.82, 2.24) is 10.2 Å². The van der Waals surface area contributed by atoms with E-state index in [-0.39, 0.29) is 0 Å². The molecular formula is C3H2ClN3OS. The summed E-state index contributed by atoms with van der Waals surface area (Å²) in [7, 11) is 0. The Morgan fingerprint density at radius 2 is 2.44 bits per heavy atom. The second-order valence-electron chi connectivity index (χ2n) is 0.794. The molecule has 0 unspecified atom stereocenters. The van der Waals surface area contributed by atoms with Gasteiger partial charge in [0.25, 0.3) is 0 Å². The Morgan fingerprint density at radius 1 is 1.89 bits per heavy atom. The Labute approximate surface area is 60.0 Å². The summed E-state index contributed by atoms with van der Waals surface area (Å²) in [6.07, 6.45) is 0.750. The molecule has 0 aliphatic heterocycles. The largest absolute Gasteiger partial charge is 0.231 e. The molecule has 0 bridgehead atoms. The average Bonchev–Trinajstić information content (AvgIpc) is 2.20. The summed E-state index contributed by atoms with van der Waals surface area (Å²) in [6, 6.07) is 0. The van der Waals surface area contributed by atoms with Gasteiger partial charge >= 0.3 is 0 Å². The summed E-state index contributed by atoms with van der Waals surface area (Å²) in [4.78, 5) is 8.35. The van der Waals surface area contributed by atoms with E-state index in [1.54, 1.807) is 5.51 Å². The monoisotopic (exact) mass is 163 g/mol. The third kappa shape index (κ3) is 5.10. The molecule has 1 aromatic rings. The Hall–Kier alpha value is -0.770. The molecule has 0 amide bonds. The fraction of sp³-hybridized carbons (Fsp3) is 0. The molecule has 1 aromatic heterocycles. The second kappa shape index (κ2) is 5.37. The zero-order valence-electron chi connectivity index (χ0n) is 4.17. The van der Waals surface area contributed by atoms with Crippen LogP contribution < -0.4 is 0 Å². The van der Waals surface area contributed by atoms with E-state index in [2.05, 4.69) is 10.2 Å². The van der Waals surface area contributed by atoms with Gasteiger partial charge in [0.1, 0.15) is 5.51 Å². The van der Waals surface area contributed by atoms with E-state index in [1.807, 2.05) is 0 Å². The minimum atomic E-state index is 0.495. The fourth-order valence-electron chi connectivity index (χ4n) is 0.160. The van der Waals surface area contributed by atoms with Crippen LogP contribution in [0, 0.1) is 5.41 Å². The number of carbonyl (C=O) groups excluding carboxylic acids is 1. The zero-order chi connectivity index (χ0) is 7.11. The third-order valence-electron chi connectivity index (χ3n) is 0.333. The van der Waals surface area contributed by atoms with E-state index in [9.17, 15) is 0 Å². The first-order chi connectivity index (χ1) is 4.31. The van der Waals surface area contributed by atoms with Crippen LogP contribution in [0.15, 0.2) is 5.51 Å². The lowest BCUT2D eigenvalue weighted by Gasteiger charge is -1.58. The normalized spacial score (nSPS) is 6.78. The van der Waals surface area contributed by atoms with Gasteiger partial charge in [-0.2, -0.15) is 0 Å². The fourth-order valence-corrected chi connectivity index (χ4v) is 0.598. The predicted molar refractivity (Wildman–Crippen MR) is 33.3 cm³/mol. The van der Waals surface area contributed by atoms with E-state index in [0.717, 1.165) is 6.08 Å². The molecule has 1 heterocycles. The quantitative estimate of drug-likeness (QED) is 0.460. The second-order valence-corrected chi connectivity index (χ2v) is 2.21. The molecular weight excluding hydrogens is 162 g/mol. The molecule has 9 heavy (non-hydrogen) atoms. The molecule has 4 nitrogen and oxygen atoms in total. The van der Waals surface area contributed by atoms with Gasteiger partial charge in [-0.1, -0.05) is 11.3 Å². The van der Waals surface area contributed by atoms with Crippen LogP contribution in [0.1, 0.15) is 0 Å². The van der Waals surface area contributed by atoms with Crippen molar-refractivity contribution in [3.05, 3.63) is 9.98 Å². The van der Waals surface area contributed by atoms with Crippen LogP contribution in [0.25, 0.3) is 0 Å². The molecule has 1 N–H and O–H groups in total. The highest BCUT2D eigenvalue weighted by Crippen LogP contribution is 2.06. The Bertz CT molecular complexity index is 181. The SMILES string of the molecule is Clc1nncs1.N=C=O. The Kier molecular flexibility index (Phi) is 4.91. The van der Waals surface area contributed by atoms with Gasteiger partial charge in [0.15, 0.2) is 0 Å². The lowest BCUT2D eigenvalue weighted by molar-refractivity contribution is 0.563. The Morgan fingerprint density at radius 3 is 2.56 bits per heavy atom. The van der Waals surface area contributed by atoms with Gasteiger partial charge in [-0.3, -0.25) is 0 Å². The van der Waals surface area contributed by atoms with Crippen LogP contribution in [0.4, 0.5) is 0 Å². The molecule has 0 radical (unpaired) electrons. The van der Waals surface area contributed by atoms with Gasteiger partial charge in [-0.25, -0.2) is 10.2 Å². The van der Waals surface area contributed by atoms with Crippen LogP contribution in [-0.4, -0.2) is 16.3 Å². The molecule has 0 saturated carbocycles. The van der Waals surface area contributed by atoms with Gasteiger partial charge < -0.3 is 0 Å². The first-order valence-corrected chi connectivity index (χ1v) is 3.02. The van der Waals surface area contributed by atoms with Gasteiger partial charge in [0, 0.05) is 0 Å². The molecule has 0 fully saturated rings. The molecule has 1 rings (SSSR count). The maximum Gasteiger partial charge on any atom is 0.231 e. The maximum absolute atomic E-state index is 8.35. The van der Waals surface area contributed by atoms with Gasteiger partial charge in [0.2, 0.25) is 10.5 Å². The van der Waals surface area contributed by atoms with E-state index in [0.29, 0.717) is 4.47 Å². The molecule has 0 aliphatic carbocycles. The average molecular weight is 164 g/mol. The summed E-state index contributed by atoms with van der Waals surface area (Å²) >= 11 is 6.62. The Balaban J connectivity index is 0.000000187. The van der Waals surface area contributed by atoms with Gasteiger partial charge in [-0.05, 0) is 11.6 Å². The molecule has 6 heteroatoms. The van der Waals surface area contributed by atoms with Gasteiger partial charge in [0.05, 0.1) is 0 Å². The smallest absolute Gasteiger partial charge is 0.222 e. The van der Waals surface area contributed by atoms with Crippen molar-refractivity contribution in [3.63, 3.8) is 0 Å². The zero-order valence-corrected chi connectivity index (χ0v) is 5.74. The van der Waals surface area contributed by atoms with Crippen LogP contribution in [-0.2, 0) is 4.79 Å². The molecule has 0 aliphatic rings. The van der Waals surface area contributed by atoms with Crippen molar-refractivity contribution in [1.29, 1.82) is 5.41 Å². The molecule has 0 spiro atoms. The topological polar surface area (TPSA) is 66.7 Å². The van der Waals surface area contributed by atoms with E-state index >= 15 is 0 Å². The van der Waals surface area contributed by atoms with Crippen LogP contribution in [0.3, 0.4) is 0 Å². The summed E-state index contributed by atoms with van der Waals surface area (Å²) in [5.74, 6) is 0. The number of halogens is 1. The molecule has 0 atom stereocenters. The van der Waals surface area contributed by atoms with E-state index < -0.39 is 0 Å². The lowest BCUT2D eigenvalue weighted by Crippen LogP contribution is -1.58. The lowest BCUT2D eigenvalue weighted by atomic mass is 11.6. The molecule has 0 saturated heterocycles. The summed E-state index contributed by atoms with van der Waals surface area (Å²) < 4.78 is 0.495. The summed E-state index contributed by atoms with van der Waals surface area (Å²) in [5.41, 5.74) is 1.59. The number of nitrogens with zero attached hydrogens (tertiary/aromatic N) is 2. The first-order valence-electron chi connectivity index (χ1n) is 1.76. The van der Waals surface area contributed by atoms with Crippen molar-refractivity contribution in [2.24, 2.45) is 0 Å². The highest BCUT2D eigenvalue weighted by Gasteiger charge is 1.81. The van der Waals surface area contributed by atoms with E-state index in [4.69, 9.17) is 21.8 Å². The highest BCUT2D eigenvalue weighted by atomic mass is 35.5. The van der Waals surface area contributed by atoms with Crippen molar-refractivity contribution < 1.29 is 4.79 Å². The van der Waals surface area contributed by atoms with Crippen LogP contribution in [0.2, 0.25) is 4.47 Å². The standard InChI is InChI=1S/C2HClN2S.CHNO/c3-2-5-4-1-6-2;2-1-3/h1H;2H. The number of hydrogen-bond acceptors (Lipinski definition) is 5. The van der Waals surface area contributed by atoms with Crippen LogP contribution in [0.5, 0.6) is 0 Å². The first kappa shape index (κ1) is 8.23. The maximum atomic E-state index is 8.35. The number of aromatic nitrogens is 2. The van der Waals surface area contributed by atoms with Crippen LogP contribution >= 0.6 is 22.9 Å². The van der Waals surface area contributed by atoms with Crippen molar-refractivity contribution >= 4 is 29.0 Å². The van der Waals surface area contributed by atoms with Crippen molar-refractivity contribution in [2.75, 3.05) is 0 Å². The third-order valence-corrected chi connectivity index (χ3v) is 1.15. The summed E-state index contributed by atoms with van der Waals surface area (Å²) in [6.45, 7) is 0.